The number of nitrogens with one attached hydrogen (secondary N) is 2. The van der Waals surface area contributed by atoms with E-state index in [0.717, 1.165) is 18.4 Å². The van der Waals surface area contributed by atoms with Crippen LogP contribution in [0.3, 0.4) is 0 Å². The predicted octanol–water partition coefficient (Wildman–Crippen LogP) is 2.03. The maximum atomic E-state index is 11.6. The van der Waals surface area contributed by atoms with Gasteiger partial charge in [0.1, 0.15) is 0 Å². The average Bonchev–Trinajstić information content (AvgIpc) is 2.47. The molecule has 1 rings (SSSR count). The van der Waals surface area contributed by atoms with E-state index in [1.807, 2.05) is 6.92 Å². The first-order valence-corrected chi connectivity index (χ1v) is 6.89. The molecule has 1 atom stereocenters. The molecule has 0 aliphatic rings. The van der Waals surface area contributed by atoms with Gasteiger partial charge in [-0.15, -0.1) is 6.42 Å². The SMILES string of the molecule is C#CC(CCC)NC(=O)NCCc1ccc(C(=O)O)cc1. The Hall–Kier alpha value is -2.48. The van der Waals surface area contributed by atoms with Crippen LogP contribution in [0.15, 0.2) is 24.3 Å². The number of benzene rings is 1. The smallest absolute Gasteiger partial charge is 0.335 e. The molecule has 1 aromatic carbocycles. The van der Waals surface area contributed by atoms with Crippen LogP contribution in [-0.4, -0.2) is 29.7 Å². The molecule has 2 amide bonds. The summed E-state index contributed by atoms with van der Waals surface area (Å²) in [4.78, 5) is 22.3. The summed E-state index contributed by atoms with van der Waals surface area (Å²) in [6.45, 7) is 2.46. The summed E-state index contributed by atoms with van der Waals surface area (Å²) in [5.74, 6) is 1.58. The Morgan fingerprint density at radius 1 is 1.33 bits per heavy atom. The van der Waals surface area contributed by atoms with E-state index >= 15 is 0 Å². The molecule has 0 bridgehead atoms. The third kappa shape index (κ3) is 6.00. The minimum absolute atomic E-state index is 0.246. The van der Waals surface area contributed by atoms with Crippen molar-refractivity contribution in [1.82, 2.24) is 10.6 Å². The number of rotatable bonds is 7. The van der Waals surface area contributed by atoms with Crippen LogP contribution in [0.2, 0.25) is 0 Å². The third-order valence-corrected chi connectivity index (χ3v) is 2.98. The predicted molar refractivity (Wildman–Crippen MR) is 81.2 cm³/mol. The van der Waals surface area contributed by atoms with Gasteiger partial charge in [0.25, 0.3) is 0 Å². The Morgan fingerprint density at radius 3 is 2.52 bits per heavy atom. The van der Waals surface area contributed by atoms with Gasteiger partial charge in [-0.05, 0) is 30.5 Å². The summed E-state index contributed by atoms with van der Waals surface area (Å²) in [6.07, 6.45) is 7.61. The number of hydrogen-bond donors (Lipinski definition) is 3. The van der Waals surface area contributed by atoms with Gasteiger partial charge in [-0.25, -0.2) is 9.59 Å². The third-order valence-electron chi connectivity index (χ3n) is 2.98. The van der Waals surface area contributed by atoms with E-state index in [2.05, 4.69) is 16.6 Å². The molecule has 0 heterocycles. The van der Waals surface area contributed by atoms with Gasteiger partial charge in [0.2, 0.25) is 0 Å². The van der Waals surface area contributed by atoms with E-state index in [4.69, 9.17) is 11.5 Å². The first-order chi connectivity index (χ1) is 10.1. The zero-order chi connectivity index (χ0) is 15.7. The Kier molecular flexibility index (Phi) is 6.82. The fourth-order valence-electron chi connectivity index (χ4n) is 1.83. The largest absolute Gasteiger partial charge is 0.478 e. The minimum atomic E-state index is -0.949. The topological polar surface area (TPSA) is 78.4 Å². The fraction of sp³-hybridized carbons (Fsp3) is 0.375. The summed E-state index contributed by atoms with van der Waals surface area (Å²) >= 11 is 0. The van der Waals surface area contributed by atoms with E-state index in [1.165, 1.54) is 0 Å². The summed E-state index contributed by atoms with van der Waals surface area (Å²) < 4.78 is 0. The zero-order valence-electron chi connectivity index (χ0n) is 12.1. The Morgan fingerprint density at radius 2 is 2.00 bits per heavy atom. The van der Waals surface area contributed by atoms with Gasteiger partial charge in [-0.2, -0.15) is 0 Å². The van der Waals surface area contributed by atoms with Crippen molar-refractivity contribution in [2.24, 2.45) is 0 Å². The van der Waals surface area contributed by atoms with Gasteiger partial charge in [0.15, 0.2) is 0 Å². The van der Waals surface area contributed by atoms with Crippen molar-refractivity contribution < 1.29 is 14.7 Å². The standard InChI is InChI=1S/C16H20N2O3/c1-3-5-14(4-2)18-16(21)17-11-10-12-6-8-13(9-7-12)15(19)20/h2,6-9,14H,3,5,10-11H2,1H3,(H,19,20)(H2,17,18,21). The Bertz CT molecular complexity index is 517. The van der Waals surface area contributed by atoms with Crippen LogP contribution in [-0.2, 0) is 6.42 Å². The number of hydrogen-bond acceptors (Lipinski definition) is 2. The second kappa shape index (κ2) is 8.64. The minimum Gasteiger partial charge on any atom is -0.478 e. The van der Waals surface area contributed by atoms with Crippen molar-refractivity contribution in [2.75, 3.05) is 6.54 Å². The second-order valence-corrected chi connectivity index (χ2v) is 4.66. The zero-order valence-corrected chi connectivity index (χ0v) is 12.1. The lowest BCUT2D eigenvalue weighted by molar-refractivity contribution is 0.0697. The number of terminal acetylenes is 1. The van der Waals surface area contributed by atoms with Crippen molar-refractivity contribution in [3.8, 4) is 12.3 Å². The molecule has 5 heteroatoms. The average molecular weight is 288 g/mol. The first kappa shape index (κ1) is 16.6. The van der Waals surface area contributed by atoms with Crippen LogP contribution >= 0.6 is 0 Å². The summed E-state index contributed by atoms with van der Waals surface area (Å²) in [5.41, 5.74) is 1.21. The summed E-state index contributed by atoms with van der Waals surface area (Å²) in [6, 6.07) is 6.05. The number of carboxylic acids is 1. The lowest BCUT2D eigenvalue weighted by Crippen LogP contribution is -2.42. The number of carboxylic acid groups (broad SMARTS) is 1. The monoisotopic (exact) mass is 288 g/mol. The van der Waals surface area contributed by atoms with E-state index in [0.29, 0.717) is 13.0 Å². The van der Waals surface area contributed by atoms with Crippen LogP contribution in [0.4, 0.5) is 4.79 Å². The fourth-order valence-corrected chi connectivity index (χ4v) is 1.83. The van der Waals surface area contributed by atoms with E-state index in [1.54, 1.807) is 24.3 Å². The molecule has 0 radical (unpaired) electrons. The van der Waals surface area contributed by atoms with Crippen LogP contribution in [0.5, 0.6) is 0 Å². The lowest BCUT2D eigenvalue weighted by atomic mass is 10.1. The highest BCUT2D eigenvalue weighted by molar-refractivity contribution is 5.87. The molecule has 0 fully saturated rings. The van der Waals surface area contributed by atoms with Crippen LogP contribution < -0.4 is 10.6 Å². The molecule has 1 unspecified atom stereocenters. The molecule has 21 heavy (non-hydrogen) atoms. The van der Waals surface area contributed by atoms with Crippen molar-refractivity contribution in [2.45, 2.75) is 32.2 Å². The van der Waals surface area contributed by atoms with Crippen LogP contribution in [0.25, 0.3) is 0 Å². The maximum Gasteiger partial charge on any atom is 0.335 e. The molecule has 0 aromatic heterocycles. The highest BCUT2D eigenvalue weighted by Gasteiger charge is 2.07. The number of urea groups is 1. The van der Waals surface area contributed by atoms with Crippen molar-refractivity contribution in [1.29, 1.82) is 0 Å². The van der Waals surface area contributed by atoms with Crippen LogP contribution in [0.1, 0.15) is 35.7 Å². The molecule has 0 spiro atoms. The number of amides is 2. The highest BCUT2D eigenvalue weighted by Crippen LogP contribution is 2.04. The first-order valence-electron chi connectivity index (χ1n) is 6.89. The Labute approximate surface area is 124 Å². The Balaban J connectivity index is 2.34. The molecule has 5 nitrogen and oxygen atoms in total. The van der Waals surface area contributed by atoms with E-state index < -0.39 is 5.97 Å². The van der Waals surface area contributed by atoms with Gasteiger partial charge >= 0.3 is 12.0 Å². The summed E-state index contributed by atoms with van der Waals surface area (Å²) in [5, 5.41) is 14.2. The van der Waals surface area contributed by atoms with E-state index in [-0.39, 0.29) is 17.6 Å². The number of carbonyl (C=O) groups is 2. The van der Waals surface area contributed by atoms with Crippen molar-refractivity contribution in [3.63, 3.8) is 0 Å². The molecule has 0 aliphatic heterocycles. The van der Waals surface area contributed by atoms with Gasteiger partial charge in [-0.1, -0.05) is 31.4 Å². The molecule has 1 aromatic rings. The number of aromatic carboxylic acids is 1. The van der Waals surface area contributed by atoms with E-state index in [9.17, 15) is 9.59 Å². The van der Waals surface area contributed by atoms with Gasteiger partial charge < -0.3 is 15.7 Å². The lowest BCUT2D eigenvalue weighted by Gasteiger charge is -2.13. The summed E-state index contributed by atoms with van der Waals surface area (Å²) in [7, 11) is 0. The normalized spacial score (nSPS) is 11.2. The van der Waals surface area contributed by atoms with Gasteiger partial charge in [-0.3, -0.25) is 0 Å². The molecule has 0 saturated heterocycles. The molecular weight excluding hydrogens is 268 g/mol. The molecule has 0 saturated carbocycles. The highest BCUT2D eigenvalue weighted by atomic mass is 16.4. The second-order valence-electron chi connectivity index (χ2n) is 4.66. The van der Waals surface area contributed by atoms with Crippen molar-refractivity contribution >= 4 is 12.0 Å². The van der Waals surface area contributed by atoms with Crippen LogP contribution in [0, 0.1) is 12.3 Å². The van der Waals surface area contributed by atoms with Gasteiger partial charge in [0, 0.05) is 6.54 Å². The molecule has 3 N–H and O–H groups in total. The quantitative estimate of drug-likeness (QED) is 0.672. The van der Waals surface area contributed by atoms with Crippen molar-refractivity contribution in [3.05, 3.63) is 35.4 Å². The van der Waals surface area contributed by atoms with Gasteiger partial charge in [0.05, 0.1) is 11.6 Å². The number of carbonyl (C=O) groups excluding carboxylic acids is 1. The molecule has 112 valence electrons. The maximum absolute atomic E-state index is 11.6. The molecular formula is C16H20N2O3. The molecule has 0 aliphatic carbocycles.